The number of nitro groups is 1. The molecule has 0 saturated carbocycles. The van der Waals surface area contributed by atoms with Crippen molar-refractivity contribution in [3.05, 3.63) is 34.1 Å². The molecular weight excluding hydrogens is 303 g/mol. The number of halogens is 1. The summed E-state index contributed by atoms with van der Waals surface area (Å²) in [7, 11) is -4.15. The maximum Gasteiger partial charge on any atom is 0.324 e. The molecule has 1 saturated heterocycles. The second-order valence-electron chi connectivity index (χ2n) is 4.78. The Morgan fingerprint density at radius 1 is 1.48 bits per heavy atom. The smallest absolute Gasteiger partial charge is 0.324 e. The maximum absolute atomic E-state index is 13.5. The average molecular weight is 318 g/mol. The Kier molecular flexibility index (Phi) is 4.86. The number of nitro benzene ring substituents is 1. The minimum absolute atomic E-state index is 0.0149. The molecule has 0 aliphatic carbocycles. The third-order valence-electron chi connectivity index (χ3n) is 3.24. The van der Waals surface area contributed by atoms with Crippen LogP contribution in [0.25, 0.3) is 0 Å². The van der Waals surface area contributed by atoms with Crippen LogP contribution in [0.15, 0.2) is 23.1 Å². The molecule has 0 radical (unpaired) electrons. The zero-order valence-electron chi connectivity index (χ0n) is 11.1. The number of rotatable bonds is 5. The highest BCUT2D eigenvalue weighted by molar-refractivity contribution is 7.89. The van der Waals surface area contributed by atoms with E-state index in [4.69, 9.17) is 4.74 Å². The first-order chi connectivity index (χ1) is 9.92. The Labute approximate surface area is 121 Å². The summed E-state index contributed by atoms with van der Waals surface area (Å²) in [6, 6.07) is 2.99. The van der Waals surface area contributed by atoms with Crippen molar-refractivity contribution < 1.29 is 22.5 Å². The summed E-state index contributed by atoms with van der Waals surface area (Å²) in [5.74, 6) is -1.16. The molecule has 1 aliphatic heterocycles. The molecule has 1 aromatic carbocycles. The molecule has 21 heavy (non-hydrogen) atoms. The van der Waals surface area contributed by atoms with Gasteiger partial charge in [0.05, 0.1) is 11.5 Å². The van der Waals surface area contributed by atoms with Crippen LogP contribution in [-0.2, 0) is 14.8 Å². The number of benzene rings is 1. The fourth-order valence-electron chi connectivity index (χ4n) is 2.16. The summed E-state index contributed by atoms with van der Waals surface area (Å²) < 4.78 is 45.3. The van der Waals surface area contributed by atoms with Crippen molar-refractivity contribution in [2.24, 2.45) is 5.92 Å². The number of ether oxygens (including phenoxy) is 1. The number of hydrogen-bond acceptors (Lipinski definition) is 5. The van der Waals surface area contributed by atoms with E-state index < -0.39 is 31.3 Å². The van der Waals surface area contributed by atoms with Crippen molar-refractivity contribution in [2.75, 3.05) is 19.8 Å². The van der Waals surface area contributed by atoms with Crippen molar-refractivity contribution in [1.29, 1.82) is 0 Å². The lowest BCUT2D eigenvalue weighted by molar-refractivity contribution is -0.390. The molecule has 0 amide bonds. The van der Waals surface area contributed by atoms with Crippen LogP contribution in [0, 0.1) is 21.8 Å². The van der Waals surface area contributed by atoms with E-state index in [-0.39, 0.29) is 12.5 Å². The number of hydrogen-bond donors (Lipinski definition) is 1. The summed E-state index contributed by atoms with van der Waals surface area (Å²) in [4.78, 5) is 9.15. The molecule has 1 aliphatic rings. The van der Waals surface area contributed by atoms with E-state index >= 15 is 0 Å². The number of sulfonamides is 1. The van der Waals surface area contributed by atoms with Crippen molar-refractivity contribution in [1.82, 2.24) is 4.72 Å². The van der Waals surface area contributed by atoms with Gasteiger partial charge in [0.1, 0.15) is 0 Å². The normalized spacial score (nSPS) is 19.4. The summed E-state index contributed by atoms with van der Waals surface area (Å²) in [6.07, 6.45) is 1.65. The van der Waals surface area contributed by atoms with Gasteiger partial charge < -0.3 is 4.74 Å². The molecule has 116 valence electrons. The molecule has 1 aromatic rings. The summed E-state index contributed by atoms with van der Waals surface area (Å²) in [6.45, 7) is 1.20. The van der Waals surface area contributed by atoms with Gasteiger partial charge in [-0.2, -0.15) is 4.39 Å². The molecule has 1 N–H and O–H groups in total. The monoisotopic (exact) mass is 318 g/mol. The fourth-order valence-corrected chi connectivity index (χ4v) is 3.46. The van der Waals surface area contributed by atoms with Crippen molar-refractivity contribution in [2.45, 2.75) is 17.7 Å². The highest BCUT2D eigenvalue weighted by Crippen LogP contribution is 2.26. The van der Waals surface area contributed by atoms with Crippen LogP contribution >= 0.6 is 0 Å². The minimum atomic E-state index is -4.15. The third kappa shape index (κ3) is 3.74. The highest BCUT2D eigenvalue weighted by atomic mass is 32.2. The Morgan fingerprint density at radius 2 is 2.24 bits per heavy atom. The van der Waals surface area contributed by atoms with Crippen LogP contribution in [0.2, 0.25) is 0 Å². The molecule has 9 heteroatoms. The second-order valence-corrected chi connectivity index (χ2v) is 6.51. The molecule has 1 atom stereocenters. The van der Waals surface area contributed by atoms with Crippen molar-refractivity contribution in [3.63, 3.8) is 0 Å². The molecule has 2 rings (SSSR count). The Bertz CT molecular complexity index is 629. The van der Waals surface area contributed by atoms with E-state index in [1.807, 2.05) is 0 Å². The quantitative estimate of drug-likeness (QED) is 0.654. The second kappa shape index (κ2) is 6.46. The topological polar surface area (TPSA) is 98.5 Å². The van der Waals surface area contributed by atoms with Crippen LogP contribution < -0.4 is 4.72 Å². The van der Waals surface area contributed by atoms with Crippen LogP contribution in [0.3, 0.4) is 0 Å². The molecule has 0 bridgehead atoms. The Balaban J connectivity index is 2.19. The van der Waals surface area contributed by atoms with Gasteiger partial charge in [-0.15, -0.1) is 0 Å². The number of para-hydroxylation sites is 1. The summed E-state index contributed by atoms with van der Waals surface area (Å²) in [5, 5.41) is 10.8. The lowest BCUT2D eigenvalue weighted by Crippen LogP contribution is -2.33. The van der Waals surface area contributed by atoms with E-state index in [1.54, 1.807) is 0 Å². The van der Waals surface area contributed by atoms with Gasteiger partial charge in [-0.3, -0.25) is 10.1 Å². The largest absolute Gasteiger partial charge is 0.381 e. The Morgan fingerprint density at radius 3 is 2.86 bits per heavy atom. The van der Waals surface area contributed by atoms with Gasteiger partial charge in [-0.05, 0) is 30.9 Å². The highest BCUT2D eigenvalue weighted by Gasteiger charge is 2.29. The lowest BCUT2D eigenvalue weighted by Gasteiger charge is -2.22. The predicted molar refractivity (Wildman–Crippen MR) is 71.8 cm³/mol. The van der Waals surface area contributed by atoms with Crippen LogP contribution in [0.4, 0.5) is 10.1 Å². The van der Waals surface area contributed by atoms with Gasteiger partial charge in [0.25, 0.3) is 0 Å². The van der Waals surface area contributed by atoms with Gasteiger partial charge in [0.2, 0.25) is 15.8 Å². The third-order valence-corrected chi connectivity index (χ3v) is 4.69. The first-order valence-electron chi connectivity index (χ1n) is 6.42. The number of nitrogens with zero attached hydrogens (tertiary/aromatic N) is 1. The first kappa shape index (κ1) is 15.8. The zero-order chi connectivity index (χ0) is 15.5. The van der Waals surface area contributed by atoms with Gasteiger partial charge in [-0.1, -0.05) is 6.07 Å². The first-order valence-corrected chi connectivity index (χ1v) is 7.90. The van der Waals surface area contributed by atoms with E-state index in [1.165, 1.54) is 0 Å². The summed E-state index contributed by atoms with van der Waals surface area (Å²) >= 11 is 0. The van der Waals surface area contributed by atoms with Crippen LogP contribution in [0.1, 0.15) is 12.8 Å². The molecule has 1 heterocycles. The molecule has 1 fully saturated rings. The zero-order valence-corrected chi connectivity index (χ0v) is 11.9. The Hall–Kier alpha value is -1.58. The minimum Gasteiger partial charge on any atom is -0.381 e. The number of nitrogens with one attached hydrogen (secondary N) is 1. The molecule has 0 spiro atoms. The standard InChI is InChI=1S/C12H15FN2O5S/c13-10-4-1-5-11(12(10)15(16)17)21(18,19)14-7-9-3-2-6-20-8-9/h1,4-5,9,14H,2-3,6-8H2. The van der Waals surface area contributed by atoms with E-state index in [2.05, 4.69) is 4.72 Å². The van der Waals surface area contributed by atoms with Crippen LogP contribution in [0.5, 0.6) is 0 Å². The van der Waals surface area contributed by atoms with Gasteiger partial charge in [0, 0.05) is 13.2 Å². The molecule has 0 aromatic heterocycles. The summed E-state index contributed by atoms with van der Waals surface area (Å²) in [5.41, 5.74) is -1.04. The van der Waals surface area contributed by atoms with E-state index in [9.17, 15) is 22.9 Å². The molecule has 7 nitrogen and oxygen atoms in total. The van der Waals surface area contributed by atoms with Crippen LogP contribution in [-0.4, -0.2) is 33.1 Å². The molecular formula is C12H15FN2O5S. The average Bonchev–Trinajstić information content (AvgIpc) is 2.46. The SMILES string of the molecule is O=[N+]([O-])c1c(F)cccc1S(=O)(=O)NCC1CCCOC1. The fraction of sp³-hybridized carbons (Fsp3) is 0.500. The van der Waals surface area contributed by atoms with Gasteiger partial charge >= 0.3 is 5.69 Å². The van der Waals surface area contributed by atoms with E-state index in [0.717, 1.165) is 31.0 Å². The van der Waals surface area contributed by atoms with Crippen molar-refractivity contribution in [3.8, 4) is 0 Å². The van der Waals surface area contributed by atoms with Gasteiger partial charge in [-0.25, -0.2) is 13.1 Å². The van der Waals surface area contributed by atoms with Gasteiger partial charge in [0.15, 0.2) is 4.90 Å². The van der Waals surface area contributed by atoms with E-state index in [0.29, 0.717) is 13.2 Å². The lowest BCUT2D eigenvalue weighted by atomic mass is 10.0. The van der Waals surface area contributed by atoms with Crippen molar-refractivity contribution >= 4 is 15.7 Å². The predicted octanol–water partition coefficient (Wildman–Crippen LogP) is 1.44. The molecule has 1 unspecified atom stereocenters. The maximum atomic E-state index is 13.5.